The summed E-state index contributed by atoms with van der Waals surface area (Å²) in [5.74, 6) is -1.18. The van der Waals surface area contributed by atoms with Crippen LogP contribution < -0.4 is 15.9 Å². The number of ether oxygens (including phenoxy) is 2. The van der Waals surface area contributed by atoms with E-state index < -0.39 is 23.7 Å². The van der Waals surface area contributed by atoms with Crippen molar-refractivity contribution in [1.29, 1.82) is 0 Å². The van der Waals surface area contributed by atoms with Crippen molar-refractivity contribution in [2.45, 2.75) is 0 Å². The van der Waals surface area contributed by atoms with Crippen molar-refractivity contribution in [3.05, 3.63) is 148 Å². The Morgan fingerprint density at radius 3 is 1.85 bits per heavy atom. The van der Waals surface area contributed by atoms with Crippen LogP contribution in [0.4, 0.5) is 5.69 Å². The van der Waals surface area contributed by atoms with Gasteiger partial charge in [0.2, 0.25) is 0 Å². The first-order chi connectivity index (χ1) is 19.9. The number of methoxy groups -OCH3 is 1. The molecule has 4 aromatic carbocycles. The Balaban J connectivity index is 2.01. The van der Waals surface area contributed by atoms with Gasteiger partial charge in [-0.2, -0.15) is 0 Å². The number of rotatable bonds is 7. The summed E-state index contributed by atoms with van der Waals surface area (Å²) in [6, 6.07) is 33.2. The first-order valence-electron chi connectivity index (χ1n) is 12.5. The van der Waals surface area contributed by atoms with Gasteiger partial charge in [0, 0.05) is 23.3 Å². The third kappa shape index (κ3) is 5.13. The van der Waals surface area contributed by atoms with Gasteiger partial charge in [0.05, 0.1) is 17.3 Å². The molecule has 0 unspecified atom stereocenters. The van der Waals surface area contributed by atoms with Gasteiger partial charge < -0.3 is 9.47 Å². The highest BCUT2D eigenvalue weighted by molar-refractivity contribution is 7.96. The number of allylic oxidation sites excluding steroid dienone is 1. The first kappa shape index (κ1) is 27.8. The molecule has 7 nitrogen and oxygen atoms in total. The first-order valence-corrected chi connectivity index (χ1v) is 14.6. The zero-order valence-electron chi connectivity index (χ0n) is 21.8. The monoisotopic (exact) mass is 583 g/mol. The second-order valence-corrected chi connectivity index (χ2v) is 12.7. The summed E-state index contributed by atoms with van der Waals surface area (Å²) < 4.78 is 10.8. The molecule has 0 saturated heterocycles. The third-order valence-corrected chi connectivity index (χ3v) is 11.3. The number of benzene rings is 4. The number of carbonyl (C=O) groups excluding carboxylic acids is 2. The van der Waals surface area contributed by atoms with Gasteiger partial charge in [0.25, 0.3) is 5.69 Å². The lowest BCUT2D eigenvalue weighted by Crippen LogP contribution is -2.33. The van der Waals surface area contributed by atoms with Crippen LogP contribution in [0.2, 0.25) is 5.02 Å². The maximum Gasteiger partial charge on any atom is 0.345 e. The summed E-state index contributed by atoms with van der Waals surface area (Å²) in [7, 11) is 1.25. The topological polar surface area (TPSA) is 95.7 Å². The van der Waals surface area contributed by atoms with E-state index in [1.54, 1.807) is 6.07 Å². The van der Waals surface area contributed by atoms with E-state index in [9.17, 15) is 19.7 Å². The van der Waals surface area contributed by atoms with Crippen molar-refractivity contribution >= 4 is 63.1 Å². The molecule has 0 aliphatic carbocycles. The second-order valence-electron chi connectivity index (χ2n) is 8.94. The minimum Gasteiger partial charge on any atom is -0.466 e. The number of cyclic esters (lactones) is 1. The van der Waals surface area contributed by atoms with Crippen molar-refractivity contribution in [2.75, 3.05) is 7.11 Å². The Hall–Kier alpha value is -4.71. The van der Waals surface area contributed by atoms with E-state index >= 15 is 0 Å². The Labute approximate surface area is 241 Å². The van der Waals surface area contributed by atoms with Crippen LogP contribution in [-0.4, -0.2) is 29.3 Å². The molecule has 1 heterocycles. The van der Waals surface area contributed by atoms with E-state index in [0.717, 1.165) is 15.9 Å². The number of hydrogen-bond acceptors (Lipinski definition) is 6. The Bertz CT molecular complexity index is 1660. The van der Waals surface area contributed by atoms with Crippen LogP contribution >= 0.6 is 18.5 Å². The smallest absolute Gasteiger partial charge is 0.345 e. The largest absolute Gasteiger partial charge is 0.466 e. The lowest BCUT2D eigenvalue weighted by molar-refractivity contribution is -0.384. The zero-order chi connectivity index (χ0) is 29.0. The molecule has 0 radical (unpaired) electrons. The van der Waals surface area contributed by atoms with Gasteiger partial charge in [-0.3, -0.25) is 10.1 Å². The highest BCUT2D eigenvalue weighted by Gasteiger charge is 2.41. The van der Waals surface area contributed by atoms with Gasteiger partial charge in [-0.05, 0) is 41.0 Å². The molecule has 5 rings (SSSR count). The fraction of sp³-hybridized carbons (Fsp3) is 0.0312. The minimum absolute atomic E-state index is 0.0563. The van der Waals surface area contributed by atoms with Crippen molar-refractivity contribution in [1.82, 2.24) is 0 Å². The molecule has 0 bridgehead atoms. The minimum atomic E-state index is -2.96. The molecule has 0 N–H and O–H groups in total. The average Bonchev–Trinajstić information content (AvgIpc) is 3.34. The fourth-order valence-electron chi connectivity index (χ4n) is 4.90. The maximum atomic E-state index is 14.2. The molecule has 41 heavy (non-hydrogen) atoms. The van der Waals surface area contributed by atoms with Crippen LogP contribution in [0.25, 0.3) is 5.76 Å². The van der Waals surface area contributed by atoms with E-state index in [0.29, 0.717) is 10.9 Å². The van der Waals surface area contributed by atoms with Crippen LogP contribution in [-0.2, 0) is 19.1 Å². The number of halogens is 1. The van der Waals surface area contributed by atoms with Gasteiger partial charge >= 0.3 is 11.9 Å². The lowest BCUT2D eigenvalue weighted by Gasteiger charge is -2.30. The fourth-order valence-corrected chi connectivity index (χ4v) is 9.47. The zero-order valence-corrected chi connectivity index (χ0v) is 23.4. The SMILES string of the molecule is COC(=O)/C=C/C1=C(c2ccc(Cl)c([N+](=O)[O-])c2)OC(=O)C1=P(c1ccccc1)(c1ccccc1)c1ccccc1. The number of nitrogens with zero attached hydrogens (tertiary/aromatic N) is 1. The van der Waals surface area contributed by atoms with E-state index in [2.05, 4.69) is 0 Å². The van der Waals surface area contributed by atoms with Crippen LogP contribution in [0.3, 0.4) is 0 Å². The normalized spacial score (nSPS) is 13.4. The number of nitro groups is 1. The molecule has 0 amide bonds. The molecule has 1 aliphatic rings. The molecule has 0 spiro atoms. The van der Waals surface area contributed by atoms with Gasteiger partial charge in [0.15, 0.2) is 0 Å². The Morgan fingerprint density at radius 2 is 1.39 bits per heavy atom. The number of nitro benzene ring substituents is 1. The van der Waals surface area contributed by atoms with Crippen LogP contribution in [0, 0.1) is 10.1 Å². The van der Waals surface area contributed by atoms with Crippen molar-refractivity contribution in [3.8, 4) is 0 Å². The number of hydrogen-bond donors (Lipinski definition) is 0. The highest BCUT2D eigenvalue weighted by atomic mass is 35.5. The van der Waals surface area contributed by atoms with E-state index in [4.69, 9.17) is 21.1 Å². The van der Waals surface area contributed by atoms with Crippen molar-refractivity contribution in [3.63, 3.8) is 0 Å². The average molecular weight is 584 g/mol. The summed E-state index contributed by atoms with van der Waals surface area (Å²) in [6.45, 7) is -2.96. The van der Waals surface area contributed by atoms with Gasteiger partial charge in [-0.1, -0.05) is 103 Å². The second kappa shape index (κ2) is 11.8. The molecule has 0 atom stereocenters. The van der Waals surface area contributed by atoms with Gasteiger partial charge in [-0.15, -0.1) is 0 Å². The molecular formula is C32H23ClNO6P. The van der Waals surface area contributed by atoms with Crippen molar-refractivity contribution in [2.24, 2.45) is 0 Å². The summed E-state index contributed by atoms with van der Waals surface area (Å²) in [5.41, 5.74) is 0.246. The molecule has 204 valence electrons. The van der Waals surface area contributed by atoms with E-state index in [1.807, 2.05) is 91.0 Å². The molecule has 0 saturated carbocycles. The van der Waals surface area contributed by atoms with Gasteiger partial charge in [-0.25, -0.2) is 9.59 Å². The molecule has 0 fully saturated rings. The third-order valence-electron chi connectivity index (χ3n) is 6.65. The Kier molecular flexibility index (Phi) is 8.02. The molecule has 9 heteroatoms. The van der Waals surface area contributed by atoms with Crippen LogP contribution in [0.1, 0.15) is 5.56 Å². The number of carbonyl (C=O) groups is 2. The summed E-state index contributed by atoms with van der Waals surface area (Å²) >= 11 is 6.09. The standard InChI is InChI=1S/C32H23ClNO6P/c1-39-29(35)20-18-26-30(22-17-19-27(33)28(21-22)34(37)38)40-32(36)31(26)41(23-11-5-2-6-12-23,24-13-7-3-8-14-24)25-15-9-4-10-16-25/h2-21H,1H3/b20-18+. The summed E-state index contributed by atoms with van der Waals surface area (Å²) in [6.07, 6.45) is 2.68. The predicted molar refractivity (Wildman–Crippen MR) is 162 cm³/mol. The maximum absolute atomic E-state index is 14.2. The van der Waals surface area contributed by atoms with Crippen LogP contribution in [0.15, 0.2) is 127 Å². The molecular weight excluding hydrogens is 561 g/mol. The quantitative estimate of drug-likeness (QED) is 0.0949. The van der Waals surface area contributed by atoms with Crippen LogP contribution in [0.5, 0.6) is 0 Å². The van der Waals surface area contributed by atoms with E-state index in [1.165, 1.54) is 31.4 Å². The molecule has 0 aromatic heterocycles. The highest BCUT2D eigenvalue weighted by Crippen LogP contribution is 2.51. The summed E-state index contributed by atoms with van der Waals surface area (Å²) in [5, 5.41) is 14.6. The van der Waals surface area contributed by atoms with E-state index in [-0.39, 0.29) is 22.0 Å². The molecule has 4 aromatic rings. The molecule has 1 aliphatic heterocycles. The Morgan fingerprint density at radius 1 is 0.878 bits per heavy atom. The summed E-state index contributed by atoms with van der Waals surface area (Å²) in [4.78, 5) is 37.5. The van der Waals surface area contributed by atoms with Gasteiger partial charge in [0.1, 0.15) is 10.8 Å². The van der Waals surface area contributed by atoms with Crippen molar-refractivity contribution < 1.29 is 24.0 Å². The predicted octanol–water partition coefficient (Wildman–Crippen LogP) is 5.41. The lowest BCUT2D eigenvalue weighted by atomic mass is 10.1. The number of esters is 2.